The van der Waals surface area contributed by atoms with Crippen molar-refractivity contribution in [3.8, 4) is 5.75 Å². The van der Waals surface area contributed by atoms with Crippen LogP contribution in [-0.2, 0) is 14.8 Å². The number of ether oxygens (including phenoxy) is 2. The van der Waals surface area contributed by atoms with Crippen LogP contribution < -0.4 is 20.1 Å². The second-order valence-corrected chi connectivity index (χ2v) is 10.8. The van der Waals surface area contributed by atoms with Crippen molar-refractivity contribution in [3.63, 3.8) is 0 Å². The van der Waals surface area contributed by atoms with Gasteiger partial charge in [0.2, 0.25) is 10.0 Å². The zero-order valence-corrected chi connectivity index (χ0v) is 21.4. The molecule has 0 bridgehead atoms. The number of rotatable bonds is 8. The largest absolute Gasteiger partial charge is 0.490 e. The van der Waals surface area contributed by atoms with E-state index in [2.05, 4.69) is 31.3 Å². The van der Waals surface area contributed by atoms with Gasteiger partial charge in [0.05, 0.1) is 17.1 Å². The number of hydrogen-bond donors (Lipinski definition) is 3. The number of carbonyl (C=O) groups excluding carboxylic acids is 1. The van der Waals surface area contributed by atoms with Crippen LogP contribution in [0.4, 0.5) is 5.69 Å². The van der Waals surface area contributed by atoms with Gasteiger partial charge in [0.15, 0.2) is 5.11 Å². The van der Waals surface area contributed by atoms with Gasteiger partial charge in [-0.1, -0.05) is 15.9 Å². The standard InChI is InChI=1S/C21H26BrN3O5S2/c1-21(2,3)25-32(27,28)16-8-6-15(7-9-16)23-20(31)24-19(26)17-13-14(22)5-10-18(17)30-12-11-29-4/h5-10,13,25H,11-12H2,1-4H3,(H2,23,24,26,31). The number of amides is 1. The Morgan fingerprint density at radius 3 is 2.34 bits per heavy atom. The van der Waals surface area contributed by atoms with E-state index in [-0.39, 0.29) is 10.0 Å². The number of anilines is 1. The first-order valence-corrected chi connectivity index (χ1v) is 12.3. The van der Waals surface area contributed by atoms with Gasteiger partial charge in [-0.05, 0) is 75.5 Å². The maximum atomic E-state index is 12.7. The minimum Gasteiger partial charge on any atom is -0.490 e. The molecule has 0 aromatic heterocycles. The van der Waals surface area contributed by atoms with Gasteiger partial charge < -0.3 is 14.8 Å². The molecule has 0 fully saturated rings. The van der Waals surface area contributed by atoms with Crippen molar-refractivity contribution < 1.29 is 22.7 Å². The maximum Gasteiger partial charge on any atom is 0.261 e. The number of nitrogens with one attached hydrogen (secondary N) is 3. The highest BCUT2D eigenvalue weighted by Crippen LogP contribution is 2.23. The number of hydrogen-bond acceptors (Lipinski definition) is 6. The zero-order chi connectivity index (χ0) is 23.9. The van der Waals surface area contributed by atoms with Crippen molar-refractivity contribution in [2.45, 2.75) is 31.2 Å². The van der Waals surface area contributed by atoms with Crippen LogP contribution in [0, 0.1) is 0 Å². The van der Waals surface area contributed by atoms with Crippen molar-refractivity contribution in [2.75, 3.05) is 25.6 Å². The Bertz CT molecular complexity index is 1070. The minimum absolute atomic E-state index is 0.0567. The lowest BCUT2D eigenvalue weighted by Crippen LogP contribution is -2.40. The summed E-state index contributed by atoms with van der Waals surface area (Å²) in [6.07, 6.45) is 0. The van der Waals surface area contributed by atoms with Crippen LogP contribution in [0.1, 0.15) is 31.1 Å². The fraction of sp³-hybridized carbons (Fsp3) is 0.333. The summed E-state index contributed by atoms with van der Waals surface area (Å²) < 4.78 is 38.7. The van der Waals surface area contributed by atoms with Crippen LogP contribution in [0.3, 0.4) is 0 Å². The monoisotopic (exact) mass is 543 g/mol. The maximum absolute atomic E-state index is 12.7. The molecule has 0 atom stereocenters. The van der Waals surface area contributed by atoms with Gasteiger partial charge in [0, 0.05) is 22.8 Å². The molecule has 0 aliphatic heterocycles. The molecule has 0 spiro atoms. The minimum atomic E-state index is -3.64. The number of benzene rings is 2. The van der Waals surface area contributed by atoms with Crippen LogP contribution in [0.15, 0.2) is 51.8 Å². The summed E-state index contributed by atoms with van der Waals surface area (Å²) in [5, 5.41) is 5.52. The van der Waals surface area contributed by atoms with E-state index >= 15 is 0 Å². The normalized spacial score (nSPS) is 11.7. The van der Waals surface area contributed by atoms with E-state index in [1.54, 1.807) is 58.2 Å². The molecular formula is C21H26BrN3O5S2. The van der Waals surface area contributed by atoms with Crippen molar-refractivity contribution in [1.29, 1.82) is 0 Å². The zero-order valence-electron chi connectivity index (χ0n) is 18.2. The molecule has 0 aliphatic rings. The van der Waals surface area contributed by atoms with Gasteiger partial charge in [0.1, 0.15) is 12.4 Å². The number of halogens is 1. The average Bonchev–Trinajstić information content (AvgIpc) is 2.67. The summed E-state index contributed by atoms with van der Waals surface area (Å²) in [6.45, 7) is 5.97. The molecule has 2 rings (SSSR count). The van der Waals surface area contributed by atoms with Crippen molar-refractivity contribution in [1.82, 2.24) is 10.0 Å². The highest BCUT2D eigenvalue weighted by Gasteiger charge is 2.22. The van der Waals surface area contributed by atoms with Crippen LogP contribution >= 0.6 is 28.1 Å². The van der Waals surface area contributed by atoms with Gasteiger partial charge in [-0.3, -0.25) is 10.1 Å². The second kappa shape index (κ2) is 11.2. The number of sulfonamides is 1. The lowest BCUT2D eigenvalue weighted by molar-refractivity contribution is 0.0969. The predicted molar refractivity (Wildman–Crippen MR) is 132 cm³/mol. The fourth-order valence-electron chi connectivity index (χ4n) is 2.55. The highest BCUT2D eigenvalue weighted by molar-refractivity contribution is 9.10. The molecule has 0 radical (unpaired) electrons. The van der Waals surface area contributed by atoms with Crippen LogP contribution in [0.5, 0.6) is 5.75 Å². The first-order chi connectivity index (χ1) is 14.9. The summed E-state index contributed by atoms with van der Waals surface area (Å²) in [4.78, 5) is 12.8. The molecule has 3 N–H and O–H groups in total. The Hall–Kier alpha value is -2.05. The molecule has 2 aromatic carbocycles. The summed E-state index contributed by atoms with van der Waals surface area (Å²) in [5.41, 5.74) is 0.227. The molecule has 0 saturated heterocycles. The quantitative estimate of drug-likeness (QED) is 0.344. The van der Waals surface area contributed by atoms with Gasteiger partial charge in [-0.2, -0.15) is 0 Å². The van der Waals surface area contributed by atoms with Crippen molar-refractivity contribution >= 4 is 54.9 Å². The Labute approximate surface area is 202 Å². The van der Waals surface area contributed by atoms with Gasteiger partial charge in [0.25, 0.3) is 5.91 Å². The number of carbonyl (C=O) groups is 1. The molecule has 0 aliphatic carbocycles. The van der Waals surface area contributed by atoms with E-state index in [0.29, 0.717) is 34.7 Å². The van der Waals surface area contributed by atoms with Crippen LogP contribution in [-0.4, -0.2) is 45.3 Å². The molecule has 0 unspecified atom stereocenters. The third kappa shape index (κ3) is 8.14. The van der Waals surface area contributed by atoms with Gasteiger partial charge in [-0.25, -0.2) is 13.1 Å². The van der Waals surface area contributed by atoms with E-state index in [4.69, 9.17) is 21.7 Å². The Morgan fingerprint density at radius 1 is 1.09 bits per heavy atom. The molecule has 32 heavy (non-hydrogen) atoms. The van der Waals surface area contributed by atoms with Crippen LogP contribution in [0.2, 0.25) is 0 Å². The van der Waals surface area contributed by atoms with Gasteiger partial charge >= 0.3 is 0 Å². The molecule has 2 aromatic rings. The SMILES string of the molecule is COCCOc1ccc(Br)cc1C(=O)NC(=S)Nc1ccc(S(=O)(=O)NC(C)(C)C)cc1. The molecule has 1 amide bonds. The van der Waals surface area contributed by atoms with E-state index in [1.807, 2.05) is 0 Å². The van der Waals surface area contributed by atoms with Gasteiger partial charge in [-0.15, -0.1) is 0 Å². The molecular weight excluding hydrogens is 518 g/mol. The second-order valence-electron chi connectivity index (χ2n) is 7.77. The molecule has 0 heterocycles. The van der Waals surface area contributed by atoms with E-state index in [0.717, 1.165) is 0 Å². The summed E-state index contributed by atoms with van der Waals surface area (Å²) in [5.74, 6) is -0.0590. The number of methoxy groups -OCH3 is 1. The molecule has 0 saturated carbocycles. The lowest BCUT2D eigenvalue weighted by Gasteiger charge is -2.20. The highest BCUT2D eigenvalue weighted by atomic mass is 79.9. The summed E-state index contributed by atoms with van der Waals surface area (Å²) in [7, 11) is -2.08. The van der Waals surface area contributed by atoms with Crippen molar-refractivity contribution in [2.24, 2.45) is 0 Å². The first kappa shape index (κ1) is 26.2. The average molecular weight is 544 g/mol. The summed E-state index contributed by atoms with van der Waals surface area (Å²) in [6, 6.07) is 11.1. The van der Waals surface area contributed by atoms with E-state index in [1.165, 1.54) is 12.1 Å². The first-order valence-electron chi connectivity index (χ1n) is 9.59. The third-order valence-corrected chi connectivity index (χ3v) is 6.29. The Kier molecular flexibility index (Phi) is 9.17. The van der Waals surface area contributed by atoms with Crippen molar-refractivity contribution in [3.05, 3.63) is 52.5 Å². The smallest absolute Gasteiger partial charge is 0.261 e. The predicted octanol–water partition coefficient (Wildman–Crippen LogP) is 3.68. The Morgan fingerprint density at radius 2 is 1.75 bits per heavy atom. The van der Waals surface area contributed by atoms with E-state index < -0.39 is 21.5 Å². The lowest BCUT2D eigenvalue weighted by atomic mass is 10.1. The Balaban J connectivity index is 2.05. The summed E-state index contributed by atoms with van der Waals surface area (Å²) >= 11 is 8.57. The molecule has 174 valence electrons. The van der Waals surface area contributed by atoms with E-state index in [9.17, 15) is 13.2 Å². The fourth-order valence-corrected chi connectivity index (χ4v) is 4.54. The molecule has 8 nitrogen and oxygen atoms in total. The molecule has 11 heteroatoms. The van der Waals surface area contributed by atoms with Crippen LogP contribution in [0.25, 0.3) is 0 Å². The third-order valence-electron chi connectivity index (χ3n) is 3.82. The topological polar surface area (TPSA) is 106 Å². The number of thiocarbonyl (C=S) groups is 1.